The first-order valence-electron chi connectivity index (χ1n) is 5.48. The van der Waals surface area contributed by atoms with Crippen LogP contribution in [0.25, 0.3) is 0 Å². The number of aliphatic hydroxyl groups is 1. The van der Waals surface area contributed by atoms with Crippen molar-refractivity contribution in [2.24, 2.45) is 11.7 Å². The van der Waals surface area contributed by atoms with E-state index >= 15 is 0 Å². The summed E-state index contributed by atoms with van der Waals surface area (Å²) in [5.74, 6) is 0.704. The molecule has 0 bridgehead atoms. The molecule has 0 spiro atoms. The van der Waals surface area contributed by atoms with Gasteiger partial charge in [0, 0.05) is 13.1 Å². The lowest BCUT2D eigenvalue weighted by Gasteiger charge is -2.23. The molecule has 14 heavy (non-hydrogen) atoms. The lowest BCUT2D eigenvalue weighted by molar-refractivity contribution is 0.0549. The molecule has 0 aliphatic rings. The van der Waals surface area contributed by atoms with Crippen LogP contribution in [0.15, 0.2) is 0 Å². The van der Waals surface area contributed by atoms with Gasteiger partial charge in [0.2, 0.25) is 0 Å². The average molecular weight is 202 g/mol. The van der Waals surface area contributed by atoms with E-state index in [2.05, 4.69) is 25.8 Å². The van der Waals surface area contributed by atoms with Crippen molar-refractivity contribution in [3.63, 3.8) is 0 Å². The molecule has 86 valence electrons. The van der Waals surface area contributed by atoms with Gasteiger partial charge in [-0.2, -0.15) is 0 Å². The highest BCUT2D eigenvalue weighted by Crippen LogP contribution is 2.10. The SMILES string of the molecule is CC(C)CN(C)CCCC(C)(O)CN. The predicted molar refractivity (Wildman–Crippen MR) is 61.2 cm³/mol. The van der Waals surface area contributed by atoms with Crippen molar-refractivity contribution < 1.29 is 5.11 Å². The number of nitrogens with zero attached hydrogens (tertiary/aromatic N) is 1. The van der Waals surface area contributed by atoms with Crippen molar-refractivity contribution in [3.8, 4) is 0 Å². The standard InChI is InChI=1S/C11H26N2O/c1-10(2)8-13(4)7-5-6-11(3,14)9-12/h10,14H,5-9,12H2,1-4H3. The Kier molecular flexibility index (Phi) is 6.33. The van der Waals surface area contributed by atoms with Gasteiger partial charge >= 0.3 is 0 Å². The van der Waals surface area contributed by atoms with Gasteiger partial charge in [-0.3, -0.25) is 0 Å². The lowest BCUT2D eigenvalue weighted by Crippen LogP contribution is -2.35. The third-order valence-corrected chi connectivity index (χ3v) is 2.37. The van der Waals surface area contributed by atoms with E-state index in [1.165, 1.54) is 0 Å². The van der Waals surface area contributed by atoms with Gasteiger partial charge < -0.3 is 15.7 Å². The zero-order valence-corrected chi connectivity index (χ0v) is 10.1. The largest absolute Gasteiger partial charge is 0.389 e. The Bertz CT molecular complexity index is 146. The first kappa shape index (κ1) is 13.9. The summed E-state index contributed by atoms with van der Waals surface area (Å²) in [6.07, 6.45) is 1.79. The monoisotopic (exact) mass is 202 g/mol. The van der Waals surface area contributed by atoms with Crippen LogP contribution in [-0.2, 0) is 0 Å². The fourth-order valence-electron chi connectivity index (χ4n) is 1.55. The Hall–Kier alpha value is -0.120. The molecule has 0 aromatic rings. The fraction of sp³-hybridized carbons (Fsp3) is 1.00. The van der Waals surface area contributed by atoms with Gasteiger partial charge in [-0.1, -0.05) is 13.8 Å². The van der Waals surface area contributed by atoms with E-state index in [9.17, 15) is 5.11 Å². The third kappa shape index (κ3) is 7.30. The second-order valence-electron chi connectivity index (χ2n) is 4.96. The molecule has 1 unspecified atom stereocenters. The maximum atomic E-state index is 9.67. The molecular weight excluding hydrogens is 176 g/mol. The highest BCUT2D eigenvalue weighted by molar-refractivity contribution is 4.73. The van der Waals surface area contributed by atoms with Gasteiger partial charge in [0.25, 0.3) is 0 Å². The van der Waals surface area contributed by atoms with Crippen LogP contribution in [0.1, 0.15) is 33.6 Å². The van der Waals surface area contributed by atoms with Crippen molar-refractivity contribution in [2.75, 3.05) is 26.7 Å². The molecule has 0 saturated carbocycles. The number of hydrogen-bond donors (Lipinski definition) is 2. The molecule has 3 heteroatoms. The highest BCUT2D eigenvalue weighted by Gasteiger charge is 2.17. The smallest absolute Gasteiger partial charge is 0.0741 e. The molecular formula is C11H26N2O. The topological polar surface area (TPSA) is 49.5 Å². The molecule has 0 saturated heterocycles. The van der Waals surface area contributed by atoms with Crippen LogP contribution in [0.4, 0.5) is 0 Å². The Morgan fingerprint density at radius 2 is 2.00 bits per heavy atom. The number of nitrogens with two attached hydrogens (primary N) is 1. The molecule has 0 rings (SSSR count). The molecule has 3 nitrogen and oxygen atoms in total. The molecule has 0 aromatic carbocycles. The molecule has 0 amide bonds. The molecule has 0 aromatic heterocycles. The molecule has 1 atom stereocenters. The Morgan fingerprint density at radius 3 is 2.43 bits per heavy atom. The second-order valence-corrected chi connectivity index (χ2v) is 4.96. The maximum Gasteiger partial charge on any atom is 0.0741 e. The molecule has 3 N–H and O–H groups in total. The summed E-state index contributed by atoms with van der Waals surface area (Å²) < 4.78 is 0. The molecule has 0 aliphatic heterocycles. The van der Waals surface area contributed by atoms with Gasteiger partial charge in [0.05, 0.1) is 5.60 Å². The van der Waals surface area contributed by atoms with Crippen LogP contribution in [0, 0.1) is 5.92 Å². The minimum Gasteiger partial charge on any atom is -0.389 e. The summed E-state index contributed by atoms with van der Waals surface area (Å²) >= 11 is 0. The van der Waals surface area contributed by atoms with E-state index in [1.807, 2.05) is 0 Å². The van der Waals surface area contributed by atoms with E-state index in [-0.39, 0.29) is 0 Å². The number of rotatable bonds is 7. The predicted octanol–water partition coefficient (Wildman–Crippen LogP) is 1.06. The van der Waals surface area contributed by atoms with Gasteiger partial charge in [0.15, 0.2) is 0 Å². The minimum absolute atomic E-state index is 0.348. The summed E-state index contributed by atoms with van der Waals surface area (Å²) in [6, 6.07) is 0. The van der Waals surface area contributed by atoms with Gasteiger partial charge in [-0.25, -0.2) is 0 Å². The zero-order chi connectivity index (χ0) is 11.2. The zero-order valence-electron chi connectivity index (χ0n) is 10.1. The maximum absolute atomic E-state index is 9.67. The van der Waals surface area contributed by atoms with Gasteiger partial charge in [0.1, 0.15) is 0 Å². The highest BCUT2D eigenvalue weighted by atomic mass is 16.3. The van der Waals surface area contributed by atoms with Crippen molar-refractivity contribution in [3.05, 3.63) is 0 Å². The summed E-state index contributed by atoms with van der Waals surface area (Å²) in [4.78, 5) is 2.30. The first-order chi connectivity index (χ1) is 6.37. The number of hydrogen-bond acceptors (Lipinski definition) is 3. The van der Waals surface area contributed by atoms with Gasteiger partial charge in [-0.05, 0) is 39.3 Å². The average Bonchev–Trinajstić information content (AvgIpc) is 2.02. The van der Waals surface area contributed by atoms with Crippen molar-refractivity contribution in [2.45, 2.75) is 39.2 Å². The van der Waals surface area contributed by atoms with E-state index in [4.69, 9.17) is 5.73 Å². The van der Waals surface area contributed by atoms with Crippen LogP contribution in [0.3, 0.4) is 0 Å². The quantitative estimate of drug-likeness (QED) is 0.649. The van der Waals surface area contributed by atoms with Crippen LogP contribution >= 0.6 is 0 Å². The Labute approximate surface area is 88.3 Å². The fourth-order valence-corrected chi connectivity index (χ4v) is 1.55. The third-order valence-electron chi connectivity index (χ3n) is 2.37. The van der Waals surface area contributed by atoms with Gasteiger partial charge in [-0.15, -0.1) is 0 Å². The summed E-state index contributed by atoms with van der Waals surface area (Å²) in [7, 11) is 2.12. The normalized spacial score (nSPS) is 16.3. The van der Waals surface area contributed by atoms with E-state index in [1.54, 1.807) is 6.92 Å². The first-order valence-corrected chi connectivity index (χ1v) is 5.48. The molecule has 0 radical (unpaired) electrons. The lowest BCUT2D eigenvalue weighted by atomic mass is 10.0. The van der Waals surface area contributed by atoms with Crippen molar-refractivity contribution >= 4 is 0 Å². The Morgan fingerprint density at radius 1 is 1.43 bits per heavy atom. The van der Waals surface area contributed by atoms with E-state index < -0.39 is 5.60 Å². The molecule has 0 aliphatic carbocycles. The summed E-state index contributed by atoms with van der Waals surface area (Å²) in [5, 5.41) is 9.67. The minimum atomic E-state index is -0.682. The Balaban J connectivity index is 3.53. The van der Waals surface area contributed by atoms with Crippen molar-refractivity contribution in [1.29, 1.82) is 0 Å². The van der Waals surface area contributed by atoms with Crippen molar-refractivity contribution in [1.82, 2.24) is 4.90 Å². The van der Waals surface area contributed by atoms with E-state index in [0.29, 0.717) is 12.5 Å². The molecule has 0 fully saturated rings. The van der Waals surface area contributed by atoms with Crippen LogP contribution in [0.5, 0.6) is 0 Å². The second kappa shape index (κ2) is 6.38. The van der Waals surface area contributed by atoms with Crippen LogP contribution < -0.4 is 5.73 Å². The molecule has 0 heterocycles. The van der Waals surface area contributed by atoms with Crippen LogP contribution in [-0.4, -0.2) is 42.3 Å². The van der Waals surface area contributed by atoms with E-state index in [0.717, 1.165) is 25.9 Å². The van der Waals surface area contributed by atoms with Crippen LogP contribution in [0.2, 0.25) is 0 Å². The summed E-state index contributed by atoms with van der Waals surface area (Å²) in [6.45, 7) is 8.73. The summed E-state index contributed by atoms with van der Waals surface area (Å²) in [5.41, 5.74) is 4.76.